The van der Waals surface area contributed by atoms with Gasteiger partial charge in [-0.1, -0.05) is 6.92 Å². The highest BCUT2D eigenvalue weighted by Gasteiger charge is 2.23. The summed E-state index contributed by atoms with van der Waals surface area (Å²) < 4.78 is 10.3. The molecular formula is C14H20N2O3. The minimum Gasteiger partial charge on any atom is -0.465 e. The molecule has 2 rings (SSSR count). The number of carbonyl (C=O) groups is 1. The molecule has 0 spiro atoms. The molecule has 0 aliphatic carbocycles. The summed E-state index contributed by atoms with van der Waals surface area (Å²) in [7, 11) is 1.39. The Kier molecular flexibility index (Phi) is 4.87. The molecular weight excluding hydrogens is 244 g/mol. The Bertz CT molecular complexity index is 436. The predicted molar refractivity (Wildman–Crippen MR) is 70.9 cm³/mol. The molecule has 0 radical (unpaired) electrons. The zero-order valence-corrected chi connectivity index (χ0v) is 11.5. The average Bonchev–Trinajstić information content (AvgIpc) is 2.47. The Labute approximate surface area is 113 Å². The summed E-state index contributed by atoms with van der Waals surface area (Å²) in [5.74, 6) is -0.329. The van der Waals surface area contributed by atoms with Gasteiger partial charge in [0.1, 0.15) is 0 Å². The third-order valence-electron chi connectivity index (χ3n) is 3.47. The van der Waals surface area contributed by atoms with Gasteiger partial charge in [0.15, 0.2) is 0 Å². The van der Waals surface area contributed by atoms with Crippen molar-refractivity contribution >= 4 is 5.97 Å². The first kappa shape index (κ1) is 14.0. The predicted octanol–water partition coefficient (Wildman–Crippen LogP) is 1.48. The monoisotopic (exact) mass is 264 g/mol. The molecule has 104 valence electrons. The number of morpholine rings is 1. The Morgan fingerprint density at radius 1 is 1.63 bits per heavy atom. The minimum atomic E-state index is -0.329. The van der Waals surface area contributed by atoms with Crippen LogP contribution in [0.5, 0.6) is 0 Å². The van der Waals surface area contributed by atoms with Crippen molar-refractivity contribution in [1.29, 1.82) is 0 Å². The van der Waals surface area contributed by atoms with Gasteiger partial charge in [-0.2, -0.15) is 0 Å². The first-order valence-corrected chi connectivity index (χ1v) is 6.60. The first-order chi connectivity index (χ1) is 9.26. The second kappa shape index (κ2) is 6.63. The van der Waals surface area contributed by atoms with E-state index in [9.17, 15) is 4.79 Å². The van der Waals surface area contributed by atoms with E-state index in [-0.39, 0.29) is 5.97 Å². The number of rotatable bonds is 4. The van der Waals surface area contributed by atoms with E-state index in [4.69, 9.17) is 9.47 Å². The normalized spacial score (nSPS) is 20.2. The third-order valence-corrected chi connectivity index (χ3v) is 3.47. The fourth-order valence-corrected chi connectivity index (χ4v) is 2.33. The van der Waals surface area contributed by atoms with Crippen molar-refractivity contribution in [1.82, 2.24) is 9.88 Å². The lowest BCUT2D eigenvalue weighted by Crippen LogP contribution is -2.44. The molecule has 1 aliphatic heterocycles. The molecule has 1 fully saturated rings. The lowest BCUT2D eigenvalue weighted by molar-refractivity contribution is -0.0134. The quantitative estimate of drug-likeness (QED) is 0.771. The van der Waals surface area contributed by atoms with Gasteiger partial charge in [0.25, 0.3) is 0 Å². The molecule has 0 N–H and O–H groups in total. The minimum absolute atomic E-state index is 0.329. The number of ether oxygens (including phenoxy) is 2. The molecule has 0 amide bonds. The summed E-state index contributed by atoms with van der Waals surface area (Å²) in [5.41, 5.74) is 1.32. The van der Waals surface area contributed by atoms with Crippen LogP contribution >= 0.6 is 0 Å². The number of esters is 1. The summed E-state index contributed by atoms with van der Waals surface area (Å²) in [6, 6.07) is 3.91. The van der Waals surface area contributed by atoms with Gasteiger partial charge < -0.3 is 9.47 Å². The van der Waals surface area contributed by atoms with E-state index in [0.29, 0.717) is 18.2 Å². The van der Waals surface area contributed by atoms with Gasteiger partial charge in [-0.15, -0.1) is 0 Å². The zero-order valence-electron chi connectivity index (χ0n) is 11.5. The Morgan fingerprint density at radius 2 is 2.47 bits per heavy atom. The number of carbonyl (C=O) groups excluding carboxylic acids is 1. The van der Waals surface area contributed by atoms with Crippen molar-refractivity contribution < 1.29 is 14.3 Å². The smallest absolute Gasteiger partial charge is 0.339 e. The maximum Gasteiger partial charge on any atom is 0.339 e. The van der Waals surface area contributed by atoms with E-state index < -0.39 is 0 Å². The lowest BCUT2D eigenvalue weighted by atomic mass is 10.1. The molecule has 1 unspecified atom stereocenters. The second-order valence-corrected chi connectivity index (χ2v) is 4.60. The summed E-state index contributed by atoms with van der Waals surface area (Å²) in [6.45, 7) is 5.16. The highest BCUT2D eigenvalue weighted by atomic mass is 16.5. The third kappa shape index (κ3) is 3.30. The fourth-order valence-electron chi connectivity index (χ4n) is 2.33. The van der Waals surface area contributed by atoms with Crippen molar-refractivity contribution in [3.8, 4) is 0 Å². The van der Waals surface area contributed by atoms with Crippen molar-refractivity contribution in [3.63, 3.8) is 0 Å². The van der Waals surface area contributed by atoms with Gasteiger partial charge in [0.05, 0.1) is 31.6 Å². The molecule has 0 aromatic carbocycles. The van der Waals surface area contributed by atoms with E-state index in [1.54, 1.807) is 18.3 Å². The van der Waals surface area contributed by atoms with Gasteiger partial charge in [0.2, 0.25) is 0 Å². The van der Waals surface area contributed by atoms with Gasteiger partial charge >= 0.3 is 5.97 Å². The van der Waals surface area contributed by atoms with Crippen LogP contribution in [0, 0.1) is 0 Å². The number of hydrogen-bond donors (Lipinski definition) is 0. The number of methoxy groups -OCH3 is 1. The molecule has 0 saturated carbocycles. The largest absolute Gasteiger partial charge is 0.465 e. The van der Waals surface area contributed by atoms with Crippen molar-refractivity contribution in [3.05, 3.63) is 29.6 Å². The van der Waals surface area contributed by atoms with Crippen LogP contribution < -0.4 is 0 Å². The van der Waals surface area contributed by atoms with Crippen LogP contribution in [0.25, 0.3) is 0 Å². The van der Waals surface area contributed by atoms with Crippen LogP contribution in [0.15, 0.2) is 18.3 Å². The van der Waals surface area contributed by atoms with Crippen LogP contribution in [-0.2, 0) is 16.0 Å². The topological polar surface area (TPSA) is 51.7 Å². The van der Waals surface area contributed by atoms with Crippen LogP contribution in [0.1, 0.15) is 29.4 Å². The van der Waals surface area contributed by atoms with E-state index >= 15 is 0 Å². The Morgan fingerprint density at radius 3 is 3.21 bits per heavy atom. The van der Waals surface area contributed by atoms with E-state index in [1.165, 1.54) is 7.11 Å². The fraction of sp³-hybridized carbons (Fsp3) is 0.571. The molecule has 1 atom stereocenters. The standard InChI is InChI=1S/C14H20N2O3/c1-3-11-10-19-8-7-16(11)9-13-12(14(17)18-2)5-4-6-15-13/h4-6,11H,3,7-10H2,1-2H3. The van der Waals surface area contributed by atoms with E-state index in [2.05, 4.69) is 16.8 Å². The SMILES string of the molecule is CCC1COCCN1Cc1ncccc1C(=O)OC. The van der Waals surface area contributed by atoms with Crippen molar-refractivity contribution in [2.75, 3.05) is 26.9 Å². The van der Waals surface area contributed by atoms with Crippen LogP contribution in [0.4, 0.5) is 0 Å². The molecule has 5 nitrogen and oxygen atoms in total. The molecule has 1 aliphatic rings. The number of nitrogens with zero attached hydrogens (tertiary/aromatic N) is 2. The molecule has 1 aromatic heterocycles. The average molecular weight is 264 g/mol. The summed E-state index contributed by atoms with van der Waals surface area (Å²) >= 11 is 0. The van der Waals surface area contributed by atoms with Gasteiger partial charge in [0, 0.05) is 25.3 Å². The van der Waals surface area contributed by atoms with Crippen LogP contribution in [0.2, 0.25) is 0 Å². The number of hydrogen-bond acceptors (Lipinski definition) is 5. The molecule has 2 heterocycles. The molecule has 19 heavy (non-hydrogen) atoms. The van der Waals surface area contributed by atoms with Crippen molar-refractivity contribution in [2.24, 2.45) is 0 Å². The van der Waals surface area contributed by atoms with Crippen LogP contribution in [0.3, 0.4) is 0 Å². The Hall–Kier alpha value is -1.46. The van der Waals surface area contributed by atoms with Gasteiger partial charge in [-0.3, -0.25) is 9.88 Å². The van der Waals surface area contributed by atoms with Crippen LogP contribution in [-0.4, -0.2) is 48.8 Å². The molecule has 5 heteroatoms. The second-order valence-electron chi connectivity index (χ2n) is 4.60. The molecule has 1 saturated heterocycles. The van der Waals surface area contributed by atoms with E-state index in [0.717, 1.165) is 31.9 Å². The highest BCUT2D eigenvalue weighted by Crippen LogP contribution is 2.16. The maximum absolute atomic E-state index is 11.7. The number of pyridine rings is 1. The highest BCUT2D eigenvalue weighted by molar-refractivity contribution is 5.90. The Balaban J connectivity index is 2.15. The maximum atomic E-state index is 11.7. The summed E-state index contributed by atoms with van der Waals surface area (Å²) in [5, 5.41) is 0. The summed E-state index contributed by atoms with van der Waals surface area (Å²) in [6.07, 6.45) is 2.74. The van der Waals surface area contributed by atoms with E-state index in [1.807, 2.05) is 0 Å². The zero-order chi connectivity index (χ0) is 13.7. The first-order valence-electron chi connectivity index (χ1n) is 6.60. The number of aromatic nitrogens is 1. The van der Waals surface area contributed by atoms with Gasteiger partial charge in [-0.05, 0) is 18.6 Å². The molecule has 1 aromatic rings. The molecule has 0 bridgehead atoms. The lowest BCUT2D eigenvalue weighted by Gasteiger charge is -2.34. The summed E-state index contributed by atoms with van der Waals surface area (Å²) in [4.78, 5) is 18.4. The van der Waals surface area contributed by atoms with Gasteiger partial charge in [-0.25, -0.2) is 4.79 Å². The van der Waals surface area contributed by atoms with Crippen molar-refractivity contribution in [2.45, 2.75) is 25.9 Å².